The zero-order valence-electron chi connectivity index (χ0n) is 17.3. The number of aromatic amines is 1. The van der Waals surface area contributed by atoms with Gasteiger partial charge in [0, 0.05) is 37.3 Å². The molecule has 1 saturated heterocycles. The summed E-state index contributed by atoms with van der Waals surface area (Å²) in [6.07, 6.45) is 1.51. The summed E-state index contributed by atoms with van der Waals surface area (Å²) < 4.78 is 36.5. The van der Waals surface area contributed by atoms with Gasteiger partial charge in [0.15, 0.2) is 5.11 Å². The van der Waals surface area contributed by atoms with Crippen LogP contribution in [-0.4, -0.2) is 59.6 Å². The SMILES string of the molecule is NS(=O)(=O)c1ccc(NC(=S)N2CCN(c3ncnc4[nH]c5cc(F)ccc5c34)CC2)cc1. The molecule has 4 aromatic rings. The summed E-state index contributed by atoms with van der Waals surface area (Å²) in [5.41, 5.74) is 2.03. The van der Waals surface area contributed by atoms with Crippen LogP contribution in [0.3, 0.4) is 0 Å². The first-order valence-electron chi connectivity index (χ1n) is 10.2. The van der Waals surface area contributed by atoms with Gasteiger partial charge in [0.2, 0.25) is 10.0 Å². The minimum atomic E-state index is -3.74. The molecule has 0 saturated carbocycles. The Labute approximate surface area is 194 Å². The number of primary sulfonamides is 1. The number of hydrogen-bond acceptors (Lipinski definition) is 6. The minimum absolute atomic E-state index is 0.0452. The number of nitrogens with one attached hydrogen (secondary N) is 2. The molecule has 0 aliphatic carbocycles. The Morgan fingerprint density at radius 3 is 2.52 bits per heavy atom. The van der Waals surface area contributed by atoms with E-state index in [4.69, 9.17) is 17.4 Å². The molecule has 3 heterocycles. The first-order valence-corrected chi connectivity index (χ1v) is 12.1. The van der Waals surface area contributed by atoms with Gasteiger partial charge in [-0.1, -0.05) is 0 Å². The van der Waals surface area contributed by atoms with E-state index in [1.165, 1.54) is 30.6 Å². The van der Waals surface area contributed by atoms with Gasteiger partial charge in [0.05, 0.1) is 15.8 Å². The van der Waals surface area contributed by atoms with Crippen molar-refractivity contribution in [1.29, 1.82) is 0 Å². The average Bonchev–Trinajstić information content (AvgIpc) is 3.16. The number of H-pyrrole nitrogens is 1. The topological polar surface area (TPSA) is 120 Å². The average molecular weight is 486 g/mol. The van der Waals surface area contributed by atoms with Crippen molar-refractivity contribution >= 4 is 60.8 Å². The number of aromatic nitrogens is 3. The zero-order chi connectivity index (χ0) is 23.2. The highest BCUT2D eigenvalue weighted by atomic mass is 32.2. The van der Waals surface area contributed by atoms with Crippen molar-refractivity contribution in [3.63, 3.8) is 0 Å². The smallest absolute Gasteiger partial charge is 0.238 e. The van der Waals surface area contributed by atoms with Crippen LogP contribution in [0.25, 0.3) is 21.9 Å². The van der Waals surface area contributed by atoms with Gasteiger partial charge in [0.25, 0.3) is 0 Å². The van der Waals surface area contributed by atoms with Crippen LogP contribution in [0, 0.1) is 5.82 Å². The Morgan fingerprint density at radius 2 is 1.82 bits per heavy atom. The lowest BCUT2D eigenvalue weighted by Gasteiger charge is -2.37. The monoisotopic (exact) mass is 485 g/mol. The van der Waals surface area contributed by atoms with Crippen molar-refractivity contribution in [2.24, 2.45) is 5.14 Å². The van der Waals surface area contributed by atoms with E-state index in [0.717, 1.165) is 16.6 Å². The van der Waals surface area contributed by atoms with Crippen molar-refractivity contribution in [2.45, 2.75) is 4.90 Å². The van der Waals surface area contributed by atoms with Crippen LogP contribution in [-0.2, 0) is 10.0 Å². The molecule has 0 spiro atoms. The number of nitrogens with two attached hydrogens (primary N) is 1. The number of rotatable bonds is 3. The highest BCUT2D eigenvalue weighted by Crippen LogP contribution is 2.31. The second-order valence-corrected chi connectivity index (χ2v) is 9.66. The molecule has 1 aliphatic rings. The number of fused-ring (bicyclic) bond motifs is 3. The third kappa shape index (κ3) is 4.19. The second-order valence-electron chi connectivity index (χ2n) is 7.71. The van der Waals surface area contributed by atoms with Crippen molar-refractivity contribution in [2.75, 3.05) is 36.4 Å². The molecule has 2 aromatic heterocycles. The summed E-state index contributed by atoms with van der Waals surface area (Å²) in [6.45, 7) is 2.71. The van der Waals surface area contributed by atoms with E-state index in [2.05, 4.69) is 25.2 Å². The predicted molar refractivity (Wildman–Crippen MR) is 129 cm³/mol. The number of thiocarbonyl (C=S) groups is 1. The van der Waals surface area contributed by atoms with Gasteiger partial charge in [-0.2, -0.15) is 0 Å². The summed E-state index contributed by atoms with van der Waals surface area (Å²) in [5, 5.41) is 10.6. The van der Waals surface area contributed by atoms with Gasteiger partial charge in [-0.15, -0.1) is 0 Å². The lowest BCUT2D eigenvalue weighted by molar-refractivity contribution is 0.390. The van der Waals surface area contributed by atoms with E-state index in [0.29, 0.717) is 48.1 Å². The number of sulfonamides is 1. The summed E-state index contributed by atoms with van der Waals surface area (Å²) >= 11 is 5.54. The Morgan fingerprint density at radius 1 is 1.09 bits per heavy atom. The minimum Gasteiger partial charge on any atom is -0.352 e. The third-order valence-corrected chi connectivity index (χ3v) is 6.92. The highest BCUT2D eigenvalue weighted by molar-refractivity contribution is 7.89. The van der Waals surface area contributed by atoms with Crippen molar-refractivity contribution in [3.05, 3.63) is 54.6 Å². The molecule has 33 heavy (non-hydrogen) atoms. The normalized spacial score (nSPS) is 14.7. The molecule has 1 aliphatic heterocycles. The summed E-state index contributed by atoms with van der Waals surface area (Å²) in [4.78, 5) is 16.2. The number of hydrogen-bond donors (Lipinski definition) is 3. The number of nitrogens with zero attached hydrogens (tertiary/aromatic N) is 4. The molecule has 0 atom stereocenters. The van der Waals surface area contributed by atoms with E-state index in [1.54, 1.807) is 18.2 Å². The third-order valence-electron chi connectivity index (χ3n) is 5.63. The highest BCUT2D eigenvalue weighted by Gasteiger charge is 2.23. The maximum Gasteiger partial charge on any atom is 0.238 e. The van der Waals surface area contributed by atoms with E-state index in [1.807, 2.05) is 4.90 Å². The van der Waals surface area contributed by atoms with Gasteiger partial charge in [-0.25, -0.2) is 27.9 Å². The van der Waals surface area contributed by atoms with E-state index < -0.39 is 10.0 Å². The Balaban J connectivity index is 1.30. The van der Waals surface area contributed by atoms with Crippen molar-refractivity contribution < 1.29 is 12.8 Å². The van der Waals surface area contributed by atoms with E-state index >= 15 is 0 Å². The zero-order valence-corrected chi connectivity index (χ0v) is 19.0. The molecule has 170 valence electrons. The molecule has 0 radical (unpaired) electrons. The molecule has 9 nitrogen and oxygen atoms in total. The Bertz CT molecular complexity index is 1460. The maximum absolute atomic E-state index is 13.6. The lowest BCUT2D eigenvalue weighted by atomic mass is 10.2. The molecule has 0 unspecified atom stereocenters. The molecule has 5 rings (SSSR count). The van der Waals surface area contributed by atoms with E-state index in [-0.39, 0.29) is 10.7 Å². The van der Waals surface area contributed by atoms with Crippen LogP contribution >= 0.6 is 12.2 Å². The number of piperazine rings is 1. The molecular formula is C21H20FN7O2S2. The summed E-state index contributed by atoms with van der Waals surface area (Å²) in [6, 6.07) is 10.8. The number of anilines is 2. The number of halogens is 1. The van der Waals surface area contributed by atoms with Gasteiger partial charge in [-0.05, 0) is 54.7 Å². The van der Waals surface area contributed by atoms with Crippen LogP contribution in [0.5, 0.6) is 0 Å². The van der Waals surface area contributed by atoms with Crippen LogP contribution in [0.1, 0.15) is 0 Å². The molecule has 1 fully saturated rings. The first kappa shape index (κ1) is 21.5. The molecule has 0 amide bonds. The Hall–Kier alpha value is -3.35. The first-order chi connectivity index (χ1) is 15.8. The summed E-state index contributed by atoms with van der Waals surface area (Å²) in [5.74, 6) is 0.493. The van der Waals surface area contributed by atoms with Crippen LogP contribution in [0.15, 0.2) is 53.7 Å². The fourth-order valence-corrected chi connectivity index (χ4v) is 4.79. The second kappa shape index (κ2) is 8.21. The van der Waals surface area contributed by atoms with Crippen LogP contribution in [0.4, 0.5) is 15.9 Å². The van der Waals surface area contributed by atoms with Crippen LogP contribution in [0.2, 0.25) is 0 Å². The fraction of sp³-hybridized carbons (Fsp3) is 0.190. The molecule has 0 bridgehead atoms. The fourth-order valence-electron chi connectivity index (χ4n) is 3.98. The molecule has 2 aromatic carbocycles. The lowest BCUT2D eigenvalue weighted by Crippen LogP contribution is -2.50. The summed E-state index contributed by atoms with van der Waals surface area (Å²) in [7, 11) is -3.74. The standard InChI is InChI=1S/C21H20FN7O2S2/c22-13-1-6-16-17(11-13)27-19-18(16)20(25-12-24-19)28-7-9-29(10-8-28)21(32)26-14-2-4-15(5-3-14)33(23,30)31/h1-6,11-12H,7-10H2,(H,26,32)(H2,23,30,31)(H,24,25,27). The van der Waals surface area contributed by atoms with Gasteiger partial charge in [0.1, 0.15) is 23.6 Å². The predicted octanol–water partition coefficient (Wildman–Crippen LogP) is 2.42. The molecular weight excluding hydrogens is 465 g/mol. The number of benzene rings is 2. The van der Waals surface area contributed by atoms with Crippen molar-refractivity contribution in [3.8, 4) is 0 Å². The van der Waals surface area contributed by atoms with Gasteiger partial charge < -0.3 is 20.1 Å². The molecule has 12 heteroatoms. The molecule has 4 N–H and O–H groups in total. The quantitative estimate of drug-likeness (QED) is 0.379. The van der Waals surface area contributed by atoms with Crippen molar-refractivity contribution in [1.82, 2.24) is 19.9 Å². The Kier molecular flexibility index (Phi) is 5.35. The van der Waals surface area contributed by atoms with Gasteiger partial charge >= 0.3 is 0 Å². The van der Waals surface area contributed by atoms with E-state index in [9.17, 15) is 12.8 Å². The largest absolute Gasteiger partial charge is 0.352 e. The van der Waals surface area contributed by atoms with Gasteiger partial charge in [-0.3, -0.25) is 0 Å². The van der Waals surface area contributed by atoms with Crippen LogP contribution < -0.4 is 15.4 Å². The maximum atomic E-state index is 13.6.